The van der Waals surface area contributed by atoms with Gasteiger partial charge in [0.15, 0.2) is 5.78 Å². The maximum absolute atomic E-state index is 12.8. The molecular formula is C24H34N4O6. The Hall–Kier alpha value is -2.74. The van der Waals surface area contributed by atoms with Crippen LogP contribution < -0.4 is 16.0 Å². The molecule has 3 unspecified atom stereocenters. The van der Waals surface area contributed by atoms with Crippen molar-refractivity contribution in [1.82, 2.24) is 20.9 Å². The van der Waals surface area contributed by atoms with Gasteiger partial charge in [0.2, 0.25) is 17.7 Å². The first-order valence-electron chi connectivity index (χ1n) is 11.8. The Labute approximate surface area is 200 Å². The molecule has 10 heteroatoms. The molecule has 2 saturated heterocycles. The number of carbonyl (C=O) groups is 4. The third-order valence-electron chi connectivity index (χ3n) is 6.22. The monoisotopic (exact) mass is 474 g/mol. The van der Waals surface area contributed by atoms with Crippen molar-refractivity contribution in [3.8, 4) is 12.3 Å². The summed E-state index contributed by atoms with van der Waals surface area (Å²) >= 11 is 0. The molecule has 3 aliphatic rings. The van der Waals surface area contributed by atoms with Gasteiger partial charge in [-0.05, 0) is 32.6 Å². The first-order valence-corrected chi connectivity index (χ1v) is 11.8. The van der Waals surface area contributed by atoms with Gasteiger partial charge in [-0.3, -0.25) is 24.1 Å². The Balaban J connectivity index is 1.49. The van der Waals surface area contributed by atoms with Crippen LogP contribution in [-0.2, 0) is 28.7 Å². The maximum Gasteiger partial charge on any atom is 0.244 e. The van der Waals surface area contributed by atoms with E-state index in [4.69, 9.17) is 15.9 Å². The Kier molecular flexibility index (Phi) is 9.21. The van der Waals surface area contributed by atoms with E-state index < -0.39 is 29.5 Å². The van der Waals surface area contributed by atoms with Gasteiger partial charge in [-0.15, -0.1) is 12.3 Å². The maximum atomic E-state index is 12.8. The van der Waals surface area contributed by atoms with E-state index in [1.165, 1.54) is 0 Å². The lowest BCUT2D eigenvalue weighted by molar-refractivity contribution is -0.132. The number of Topliss-reactive ketones (excluding diaryl/α,β-unsaturated/α-hetero) is 1. The van der Waals surface area contributed by atoms with E-state index in [0.29, 0.717) is 39.3 Å². The van der Waals surface area contributed by atoms with Gasteiger partial charge in [-0.2, -0.15) is 0 Å². The lowest BCUT2D eigenvalue weighted by atomic mass is 9.94. The minimum Gasteiger partial charge on any atom is -0.379 e. The zero-order valence-electron chi connectivity index (χ0n) is 19.7. The van der Waals surface area contributed by atoms with Crippen LogP contribution in [0.2, 0.25) is 0 Å². The first-order chi connectivity index (χ1) is 16.3. The average Bonchev–Trinajstić information content (AvgIpc) is 3.36. The van der Waals surface area contributed by atoms with Crippen molar-refractivity contribution in [1.29, 1.82) is 0 Å². The van der Waals surface area contributed by atoms with Crippen molar-refractivity contribution >= 4 is 23.5 Å². The number of amides is 3. The molecule has 0 aromatic rings. The summed E-state index contributed by atoms with van der Waals surface area (Å²) in [6.45, 7) is 4.25. The number of morpholine rings is 1. The highest BCUT2D eigenvalue weighted by Gasteiger charge is 2.50. The number of nitrogens with one attached hydrogen (secondary N) is 3. The zero-order chi connectivity index (χ0) is 24.6. The number of terminal acetylenes is 1. The van der Waals surface area contributed by atoms with Gasteiger partial charge in [0.1, 0.15) is 11.6 Å². The molecule has 0 radical (unpaired) electrons. The van der Waals surface area contributed by atoms with Crippen LogP contribution in [0.1, 0.15) is 39.0 Å². The first kappa shape index (κ1) is 25.9. The average molecular weight is 475 g/mol. The highest BCUT2D eigenvalue weighted by molar-refractivity contribution is 5.97. The van der Waals surface area contributed by atoms with Crippen LogP contribution in [0.15, 0.2) is 11.6 Å². The van der Waals surface area contributed by atoms with Gasteiger partial charge >= 0.3 is 0 Å². The van der Waals surface area contributed by atoms with E-state index >= 15 is 0 Å². The molecule has 2 heterocycles. The number of carbonyl (C=O) groups excluding carboxylic acids is 4. The normalized spacial score (nSPS) is 23.7. The number of nitrogens with zero attached hydrogens (tertiary/aromatic N) is 1. The van der Waals surface area contributed by atoms with Gasteiger partial charge in [-0.1, -0.05) is 11.6 Å². The standard InChI is InChI=1S/C24H34N4O6/c1-3-6-18(26-21(30)15-28-9-11-33-12-10-28)23(32)25-14-20(29)27-19(13-17-7-4-5-8-17)22(31)24(2)16-34-24/h1,7,18-19H,4-6,8-16H2,2H3,(H,25,32)(H,26,30)(H,27,29). The fraction of sp³-hybridized carbons (Fsp3) is 0.667. The summed E-state index contributed by atoms with van der Waals surface area (Å²) in [4.78, 5) is 52.3. The third kappa shape index (κ3) is 7.65. The molecule has 0 aromatic heterocycles. The lowest BCUT2D eigenvalue weighted by Gasteiger charge is -2.26. The highest BCUT2D eigenvalue weighted by Crippen LogP contribution is 2.31. The lowest BCUT2D eigenvalue weighted by Crippen LogP contribution is -2.53. The quantitative estimate of drug-likeness (QED) is 0.194. The molecular weight excluding hydrogens is 440 g/mol. The Morgan fingerprint density at radius 1 is 1.18 bits per heavy atom. The van der Waals surface area contributed by atoms with Gasteiger partial charge < -0.3 is 25.4 Å². The molecule has 0 saturated carbocycles. The minimum atomic E-state index is -0.953. The molecule has 1 aliphatic carbocycles. The van der Waals surface area contributed by atoms with E-state index in [1.54, 1.807) is 6.92 Å². The van der Waals surface area contributed by atoms with Crippen molar-refractivity contribution < 1.29 is 28.7 Å². The van der Waals surface area contributed by atoms with Crippen LogP contribution in [0.25, 0.3) is 0 Å². The Morgan fingerprint density at radius 2 is 1.88 bits per heavy atom. The SMILES string of the molecule is C#CCC(NC(=O)CN1CCOCC1)C(=O)NCC(=O)NC(CC1=CCCC1)C(=O)C1(C)CO1. The molecule has 0 spiro atoms. The van der Waals surface area contributed by atoms with E-state index in [0.717, 1.165) is 24.8 Å². The molecule has 3 rings (SSSR count). The van der Waals surface area contributed by atoms with Crippen molar-refractivity contribution in [2.75, 3.05) is 46.0 Å². The molecule has 0 bridgehead atoms. The van der Waals surface area contributed by atoms with Gasteiger partial charge in [-0.25, -0.2) is 0 Å². The number of allylic oxidation sites excluding steroid dienone is 1. The summed E-state index contributed by atoms with van der Waals surface area (Å²) in [6.07, 6.45) is 10.8. The molecule has 3 amide bonds. The molecule has 2 fully saturated rings. The molecule has 2 aliphatic heterocycles. The summed E-state index contributed by atoms with van der Waals surface area (Å²) in [7, 11) is 0. The van der Waals surface area contributed by atoms with Gasteiger partial charge in [0.05, 0.1) is 39.0 Å². The number of hydrogen-bond acceptors (Lipinski definition) is 7. The second kappa shape index (κ2) is 12.1. The second-order valence-corrected chi connectivity index (χ2v) is 9.10. The number of ketones is 1. The van der Waals surface area contributed by atoms with Gasteiger partial charge in [0, 0.05) is 19.5 Å². The van der Waals surface area contributed by atoms with E-state index in [2.05, 4.69) is 27.9 Å². The van der Waals surface area contributed by atoms with Crippen LogP contribution >= 0.6 is 0 Å². The predicted octanol–water partition coefficient (Wildman–Crippen LogP) is -0.714. The van der Waals surface area contributed by atoms with E-state index in [1.807, 2.05) is 4.90 Å². The fourth-order valence-electron chi connectivity index (χ4n) is 4.08. The molecule has 3 N–H and O–H groups in total. The summed E-state index contributed by atoms with van der Waals surface area (Å²) in [5.41, 5.74) is 0.284. The molecule has 0 aromatic carbocycles. The largest absolute Gasteiger partial charge is 0.379 e. The second-order valence-electron chi connectivity index (χ2n) is 9.10. The Morgan fingerprint density at radius 3 is 2.50 bits per heavy atom. The summed E-state index contributed by atoms with van der Waals surface area (Å²) in [5.74, 6) is 0.846. The van der Waals surface area contributed by atoms with E-state index in [-0.39, 0.29) is 31.2 Å². The van der Waals surface area contributed by atoms with Crippen LogP contribution in [0.4, 0.5) is 0 Å². The van der Waals surface area contributed by atoms with E-state index in [9.17, 15) is 19.2 Å². The number of ether oxygens (including phenoxy) is 2. The zero-order valence-corrected chi connectivity index (χ0v) is 19.7. The van der Waals surface area contributed by atoms with Crippen molar-refractivity contribution in [3.05, 3.63) is 11.6 Å². The van der Waals surface area contributed by atoms with Crippen LogP contribution in [0.3, 0.4) is 0 Å². The van der Waals surface area contributed by atoms with Crippen LogP contribution in [0, 0.1) is 12.3 Å². The van der Waals surface area contributed by atoms with Crippen molar-refractivity contribution in [2.24, 2.45) is 0 Å². The van der Waals surface area contributed by atoms with Crippen molar-refractivity contribution in [3.63, 3.8) is 0 Å². The third-order valence-corrected chi connectivity index (χ3v) is 6.22. The molecule has 34 heavy (non-hydrogen) atoms. The van der Waals surface area contributed by atoms with Crippen LogP contribution in [-0.4, -0.2) is 92.1 Å². The summed E-state index contributed by atoms with van der Waals surface area (Å²) in [6, 6.07) is -1.66. The van der Waals surface area contributed by atoms with Crippen LogP contribution in [0.5, 0.6) is 0 Å². The minimum absolute atomic E-state index is 0.00668. The number of hydrogen-bond donors (Lipinski definition) is 3. The molecule has 186 valence electrons. The number of epoxide rings is 1. The predicted molar refractivity (Wildman–Crippen MR) is 123 cm³/mol. The van der Waals surface area contributed by atoms with Gasteiger partial charge in [0.25, 0.3) is 0 Å². The number of rotatable bonds is 12. The topological polar surface area (TPSA) is 129 Å². The van der Waals surface area contributed by atoms with Crippen molar-refractivity contribution in [2.45, 2.75) is 56.7 Å². The summed E-state index contributed by atoms with van der Waals surface area (Å²) < 4.78 is 10.5. The smallest absolute Gasteiger partial charge is 0.244 e. The fourth-order valence-corrected chi connectivity index (χ4v) is 4.08. The molecule has 10 nitrogen and oxygen atoms in total. The summed E-state index contributed by atoms with van der Waals surface area (Å²) in [5, 5.41) is 7.90. The highest BCUT2D eigenvalue weighted by atomic mass is 16.6. The molecule has 3 atom stereocenters. The Bertz CT molecular complexity index is 854.